The van der Waals surface area contributed by atoms with Crippen LogP contribution in [0.3, 0.4) is 0 Å². The Kier molecular flexibility index (Phi) is 18.1. The number of rotatable bonds is 27. The fourth-order valence-corrected chi connectivity index (χ4v) is 5.03. The average molecular weight is 700 g/mol. The highest BCUT2D eigenvalue weighted by atomic mass is 16.5. The number of carboxylic acids is 6. The fraction of sp³-hybridized carbons (Fsp3) is 0.455. The van der Waals surface area contributed by atoms with Crippen LogP contribution >= 0.6 is 0 Å². The lowest BCUT2D eigenvalue weighted by Gasteiger charge is -2.39. The van der Waals surface area contributed by atoms with Crippen molar-refractivity contribution in [1.82, 2.24) is 14.7 Å². The molecule has 0 aliphatic heterocycles. The molecule has 17 nitrogen and oxygen atoms in total. The SMILES string of the molecule is O=C([O-])CCC(C(=O)[O-])N(CCN(CC(=O)[O-])C(COCc1ccccc1)C(=O)[O-])CCN(CC(=O)[O-])C(COCc1ccccc1)C(=O)[O-]. The lowest BCUT2D eigenvalue weighted by atomic mass is 10.1. The number of benzene rings is 2. The molecule has 0 spiro atoms. The standard InChI is InChI=1S/C33H43N3O14/c37-28(38)12-11-25(31(43)44)34(13-15-35(17-29(39)40)26(32(45)46)21-49-19-23-7-3-1-4-8-23)14-16-36(18-30(41)42)27(33(47)48)22-50-20-24-9-5-2-6-10-24/h1-10,25-27H,11-22H2,(H,37,38)(H,39,40)(H,41,42)(H,43,44)(H,45,46)(H,47,48)/p-6. The van der Waals surface area contributed by atoms with Gasteiger partial charge in [-0.3, -0.25) is 14.7 Å². The molecule has 0 aliphatic rings. The Balaban J connectivity index is 2.29. The van der Waals surface area contributed by atoms with Gasteiger partial charge in [-0.1, -0.05) is 60.7 Å². The predicted molar refractivity (Wildman–Crippen MR) is 158 cm³/mol. The highest BCUT2D eigenvalue weighted by molar-refractivity contribution is 5.74. The molecule has 17 heteroatoms. The van der Waals surface area contributed by atoms with Crippen LogP contribution in [-0.2, 0) is 51.5 Å². The first-order valence-electron chi connectivity index (χ1n) is 15.5. The predicted octanol–water partition coefficient (Wildman–Crippen LogP) is -7.29. The Morgan fingerprint density at radius 2 is 0.860 bits per heavy atom. The number of aliphatic carboxylic acids is 6. The van der Waals surface area contributed by atoms with Crippen LogP contribution in [0.2, 0.25) is 0 Å². The molecule has 0 radical (unpaired) electrons. The van der Waals surface area contributed by atoms with Crippen LogP contribution in [0.1, 0.15) is 24.0 Å². The molecule has 2 rings (SSSR count). The van der Waals surface area contributed by atoms with Crippen molar-refractivity contribution in [2.24, 2.45) is 0 Å². The van der Waals surface area contributed by atoms with E-state index in [1.807, 2.05) is 0 Å². The summed E-state index contributed by atoms with van der Waals surface area (Å²) in [7, 11) is 0. The van der Waals surface area contributed by atoms with E-state index in [1.54, 1.807) is 60.7 Å². The van der Waals surface area contributed by atoms with Crippen molar-refractivity contribution in [1.29, 1.82) is 0 Å². The molecule has 0 heterocycles. The van der Waals surface area contributed by atoms with Crippen molar-refractivity contribution in [3.63, 3.8) is 0 Å². The lowest BCUT2D eigenvalue weighted by molar-refractivity contribution is -0.318. The van der Waals surface area contributed by atoms with E-state index < -0.39 is 119 Å². The first kappa shape index (κ1) is 41.2. The van der Waals surface area contributed by atoms with Crippen molar-refractivity contribution >= 4 is 35.8 Å². The first-order valence-corrected chi connectivity index (χ1v) is 15.5. The van der Waals surface area contributed by atoms with E-state index in [0.29, 0.717) is 11.1 Å². The quantitative estimate of drug-likeness (QED) is 0.0838. The van der Waals surface area contributed by atoms with Gasteiger partial charge in [-0.25, -0.2) is 0 Å². The minimum absolute atomic E-state index is 0.0329. The molecule has 0 aliphatic carbocycles. The van der Waals surface area contributed by atoms with Crippen LogP contribution in [0.25, 0.3) is 0 Å². The highest BCUT2D eigenvalue weighted by Crippen LogP contribution is 2.12. The molecule has 274 valence electrons. The van der Waals surface area contributed by atoms with Crippen molar-refractivity contribution in [3.05, 3.63) is 71.8 Å². The monoisotopic (exact) mass is 699 g/mol. The molecule has 0 fully saturated rings. The van der Waals surface area contributed by atoms with Gasteiger partial charge in [-0.2, -0.15) is 0 Å². The summed E-state index contributed by atoms with van der Waals surface area (Å²) in [4.78, 5) is 73.6. The zero-order valence-corrected chi connectivity index (χ0v) is 27.0. The van der Waals surface area contributed by atoms with E-state index in [0.717, 1.165) is 14.7 Å². The van der Waals surface area contributed by atoms with Gasteiger partial charge in [0, 0.05) is 51.3 Å². The molecule has 3 unspecified atom stereocenters. The Morgan fingerprint density at radius 3 is 1.18 bits per heavy atom. The molecule has 2 aromatic carbocycles. The summed E-state index contributed by atoms with van der Waals surface area (Å²) in [6.07, 6.45) is -1.34. The largest absolute Gasteiger partial charge is 0.550 e. The van der Waals surface area contributed by atoms with Gasteiger partial charge in [-0.15, -0.1) is 0 Å². The van der Waals surface area contributed by atoms with E-state index in [-0.39, 0.29) is 13.2 Å². The van der Waals surface area contributed by atoms with Gasteiger partial charge in [0.25, 0.3) is 0 Å². The molecule has 3 atom stereocenters. The van der Waals surface area contributed by atoms with Crippen LogP contribution in [-0.4, -0.2) is 121 Å². The van der Waals surface area contributed by atoms with Gasteiger partial charge in [0.2, 0.25) is 0 Å². The van der Waals surface area contributed by atoms with Crippen LogP contribution in [0.5, 0.6) is 0 Å². The molecule has 0 amide bonds. The zero-order valence-electron chi connectivity index (χ0n) is 27.0. The smallest absolute Gasteiger partial charge is 0.0734 e. The Morgan fingerprint density at radius 1 is 0.500 bits per heavy atom. The Bertz CT molecular complexity index is 1310. The van der Waals surface area contributed by atoms with E-state index in [1.165, 1.54) is 0 Å². The van der Waals surface area contributed by atoms with Crippen LogP contribution < -0.4 is 30.6 Å². The van der Waals surface area contributed by atoms with Crippen LogP contribution in [0.15, 0.2) is 60.7 Å². The van der Waals surface area contributed by atoms with Crippen molar-refractivity contribution in [3.8, 4) is 0 Å². The number of ether oxygens (including phenoxy) is 2. The van der Waals surface area contributed by atoms with Crippen LogP contribution in [0.4, 0.5) is 0 Å². The third-order valence-electron chi connectivity index (χ3n) is 7.55. The second-order valence-corrected chi connectivity index (χ2v) is 11.1. The Labute approximate surface area is 287 Å². The Hall–Kier alpha value is -4.94. The first-order chi connectivity index (χ1) is 23.8. The minimum Gasteiger partial charge on any atom is -0.550 e. The third kappa shape index (κ3) is 15.5. The van der Waals surface area contributed by atoms with E-state index >= 15 is 0 Å². The van der Waals surface area contributed by atoms with Crippen molar-refractivity contribution in [2.45, 2.75) is 44.2 Å². The van der Waals surface area contributed by atoms with E-state index in [9.17, 15) is 59.4 Å². The average Bonchev–Trinajstić information content (AvgIpc) is 3.05. The number of carboxylic acid groups (broad SMARTS) is 6. The fourth-order valence-electron chi connectivity index (χ4n) is 5.03. The lowest BCUT2D eigenvalue weighted by Crippen LogP contribution is -2.59. The molecule has 0 N–H and O–H groups in total. The van der Waals surface area contributed by atoms with E-state index in [2.05, 4.69) is 0 Å². The zero-order chi connectivity index (χ0) is 37.1. The molecular formula is C33H37N3O14-6. The normalized spacial score (nSPS) is 13.2. The number of carbonyl (C=O) groups is 6. The maximum absolute atomic E-state index is 12.2. The molecule has 0 saturated carbocycles. The number of hydrogen-bond donors (Lipinski definition) is 0. The van der Waals surface area contributed by atoms with Gasteiger partial charge in [0.1, 0.15) is 0 Å². The maximum Gasteiger partial charge on any atom is 0.0734 e. The molecule has 0 aromatic heterocycles. The van der Waals surface area contributed by atoms with Gasteiger partial charge in [0.05, 0.1) is 68.4 Å². The summed E-state index contributed by atoms with van der Waals surface area (Å²) in [5, 5.41) is 70.7. The number of nitrogens with zero attached hydrogens (tertiary/aromatic N) is 3. The highest BCUT2D eigenvalue weighted by Gasteiger charge is 2.27. The summed E-state index contributed by atoms with van der Waals surface area (Å²) in [5.41, 5.74) is 1.38. The summed E-state index contributed by atoms with van der Waals surface area (Å²) >= 11 is 0. The maximum atomic E-state index is 12.2. The van der Waals surface area contributed by atoms with Gasteiger partial charge in [-0.05, 0) is 24.0 Å². The summed E-state index contributed by atoms with van der Waals surface area (Å²) in [6, 6.07) is 12.2. The van der Waals surface area contributed by atoms with Gasteiger partial charge in [0.15, 0.2) is 0 Å². The molecule has 50 heavy (non-hydrogen) atoms. The second kappa shape index (κ2) is 21.9. The van der Waals surface area contributed by atoms with E-state index in [4.69, 9.17) is 9.47 Å². The summed E-state index contributed by atoms with van der Waals surface area (Å²) in [6.45, 7) is -4.96. The topological polar surface area (TPSA) is 269 Å². The minimum atomic E-state index is -1.77. The molecule has 0 bridgehead atoms. The van der Waals surface area contributed by atoms with Gasteiger partial charge < -0.3 is 68.9 Å². The second-order valence-electron chi connectivity index (χ2n) is 11.1. The third-order valence-corrected chi connectivity index (χ3v) is 7.55. The summed E-state index contributed by atoms with van der Waals surface area (Å²) < 4.78 is 11.0. The van der Waals surface area contributed by atoms with Crippen LogP contribution in [0, 0.1) is 0 Å². The molecular weight excluding hydrogens is 662 g/mol. The molecule has 2 aromatic rings. The number of carbonyl (C=O) groups excluding carboxylic acids is 6. The molecule has 0 saturated heterocycles. The number of hydrogen-bond acceptors (Lipinski definition) is 17. The van der Waals surface area contributed by atoms with Crippen molar-refractivity contribution in [2.75, 3.05) is 52.5 Å². The van der Waals surface area contributed by atoms with Gasteiger partial charge >= 0.3 is 0 Å². The van der Waals surface area contributed by atoms with Crippen molar-refractivity contribution < 1.29 is 68.9 Å². The summed E-state index contributed by atoms with van der Waals surface area (Å²) in [5.74, 6) is -10.2.